The highest BCUT2D eigenvalue weighted by atomic mass is 16.4. The minimum atomic E-state index is -0.712. The first-order valence-corrected chi connectivity index (χ1v) is 7.39. The number of carboxylic acids is 1. The zero-order valence-corrected chi connectivity index (χ0v) is 11.4. The van der Waals surface area contributed by atoms with Crippen LogP contribution in [0.5, 0.6) is 0 Å². The molecule has 0 spiro atoms. The Bertz CT molecular complexity index is 327. The largest absolute Gasteiger partial charge is 0.481 e. The number of rotatable bonds is 5. The molecule has 19 heavy (non-hydrogen) atoms. The van der Waals surface area contributed by atoms with E-state index in [2.05, 4.69) is 10.6 Å². The molecule has 0 radical (unpaired) electrons. The SMILES string of the molecule is O=C(CC1CCCN1)NCC1CCCCC1C(=O)O. The van der Waals surface area contributed by atoms with Gasteiger partial charge in [0.2, 0.25) is 5.91 Å². The van der Waals surface area contributed by atoms with E-state index in [-0.39, 0.29) is 17.7 Å². The van der Waals surface area contributed by atoms with E-state index in [0.29, 0.717) is 19.0 Å². The van der Waals surface area contributed by atoms with Crippen LogP contribution in [0.1, 0.15) is 44.9 Å². The second kappa shape index (κ2) is 6.89. The molecule has 2 aliphatic rings. The van der Waals surface area contributed by atoms with Crippen LogP contribution in [0.15, 0.2) is 0 Å². The molecule has 0 aromatic heterocycles. The second-order valence-electron chi connectivity index (χ2n) is 5.79. The second-order valence-corrected chi connectivity index (χ2v) is 5.79. The number of aliphatic carboxylic acids is 1. The highest BCUT2D eigenvalue weighted by Gasteiger charge is 2.31. The first kappa shape index (κ1) is 14.3. The van der Waals surface area contributed by atoms with Crippen molar-refractivity contribution in [1.82, 2.24) is 10.6 Å². The monoisotopic (exact) mass is 268 g/mol. The predicted octanol–water partition coefficient (Wildman–Crippen LogP) is 1.14. The van der Waals surface area contributed by atoms with E-state index in [9.17, 15) is 14.7 Å². The molecule has 1 saturated carbocycles. The summed E-state index contributed by atoms with van der Waals surface area (Å²) < 4.78 is 0. The molecular formula is C14H24N2O3. The lowest BCUT2D eigenvalue weighted by atomic mass is 9.79. The van der Waals surface area contributed by atoms with Crippen molar-refractivity contribution in [2.24, 2.45) is 11.8 Å². The molecule has 0 bridgehead atoms. The van der Waals surface area contributed by atoms with Crippen LogP contribution in [0, 0.1) is 11.8 Å². The van der Waals surface area contributed by atoms with E-state index in [1.807, 2.05) is 0 Å². The van der Waals surface area contributed by atoms with Crippen LogP contribution in [-0.4, -0.2) is 36.1 Å². The fourth-order valence-corrected chi connectivity index (χ4v) is 3.25. The molecule has 1 saturated heterocycles. The Labute approximate surface area is 114 Å². The van der Waals surface area contributed by atoms with Crippen molar-refractivity contribution in [3.05, 3.63) is 0 Å². The molecule has 5 heteroatoms. The summed E-state index contributed by atoms with van der Waals surface area (Å²) in [6, 6.07) is 0.307. The maximum absolute atomic E-state index is 11.8. The first-order valence-electron chi connectivity index (χ1n) is 7.39. The van der Waals surface area contributed by atoms with Gasteiger partial charge in [-0.2, -0.15) is 0 Å². The van der Waals surface area contributed by atoms with Gasteiger partial charge in [-0.1, -0.05) is 12.8 Å². The van der Waals surface area contributed by atoms with Crippen molar-refractivity contribution < 1.29 is 14.7 Å². The van der Waals surface area contributed by atoms with E-state index in [0.717, 1.165) is 45.1 Å². The number of amides is 1. The van der Waals surface area contributed by atoms with Gasteiger partial charge in [0.05, 0.1) is 5.92 Å². The van der Waals surface area contributed by atoms with Crippen molar-refractivity contribution in [3.8, 4) is 0 Å². The van der Waals surface area contributed by atoms with E-state index in [1.165, 1.54) is 0 Å². The number of hydrogen-bond donors (Lipinski definition) is 3. The molecule has 3 N–H and O–H groups in total. The van der Waals surface area contributed by atoms with E-state index < -0.39 is 5.97 Å². The van der Waals surface area contributed by atoms with Crippen molar-refractivity contribution in [3.63, 3.8) is 0 Å². The fraction of sp³-hybridized carbons (Fsp3) is 0.857. The van der Waals surface area contributed by atoms with Gasteiger partial charge in [0.25, 0.3) is 0 Å². The predicted molar refractivity (Wildman–Crippen MR) is 71.7 cm³/mol. The van der Waals surface area contributed by atoms with E-state index in [4.69, 9.17) is 0 Å². The number of carbonyl (C=O) groups excluding carboxylic acids is 1. The minimum absolute atomic E-state index is 0.0501. The van der Waals surface area contributed by atoms with E-state index in [1.54, 1.807) is 0 Å². The van der Waals surface area contributed by atoms with Crippen molar-refractivity contribution in [1.29, 1.82) is 0 Å². The molecule has 108 valence electrons. The molecule has 1 aliphatic carbocycles. The van der Waals surface area contributed by atoms with Crippen molar-refractivity contribution in [2.75, 3.05) is 13.1 Å². The van der Waals surface area contributed by atoms with Gasteiger partial charge in [-0.05, 0) is 38.1 Å². The van der Waals surface area contributed by atoms with Crippen LogP contribution in [0.2, 0.25) is 0 Å². The van der Waals surface area contributed by atoms with Gasteiger partial charge in [0, 0.05) is 19.0 Å². The van der Waals surface area contributed by atoms with Gasteiger partial charge in [-0.25, -0.2) is 0 Å². The third-order valence-electron chi connectivity index (χ3n) is 4.38. The summed E-state index contributed by atoms with van der Waals surface area (Å²) in [5.41, 5.74) is 0. The molecule has 1 heterocycles. The lowest BCUT2D eigenvalue weighted by Gasteiger charge is -2.28. The molecule has 3 unspecified atom stereocenters. The van der Waals surface area contributed by atoms with Crippen molar-refractivity contribution in [2.45, 2.75) is 51.0 Å². The lowest BCUT2D eigenvalue weighted by Crippen LogP contribution is -2.39. The Balaban J connectivity index is 1.73. The first-order chi connectivity index (χ1) is 9.16. The van der Waals surface area contributed by atoms with Gasteiger partial charge in [-0.15, -0.1) is 0 Å². The summed E-state index contributed by atoms with van der Waals surface area (Å²) in [5.74, 6) is -0.837. The molecule has 2 rings (SSSR count). The number of nitrogens with one attached hydrogen (secondary N) is 2. The van der Waals surface area contributed by atoms with Gasteiger partial charge in [0.15, 0.2) is 0 Å². The summed E-state index contributed by atoms with van der Waals surface area (Å²) in [4.78, 5) is 23.0. The van der Waals surface area contributed by atoms with Gasteiger partial charge in [0.1, 0.15) is 0 Å². The van der Waals surface area contributed by atoms with Gasteiger partial charge in [-0.3, -0.25) is 9.59 Å². The quantitative estimate of drug-likeness (QED) is 0.698. The summed E-state index contributed by atoms with van der Waals surface area (Å²) in [6.07, 6.45) is 6.46. The molecule has 5 nitrogen and oxygen atoms in total. The lowest BCUT2D eigenvalue weighted by molar-refractivity contribution is -0.145. The highest BCUT2D eigenvalue weighted by molar-refractivity contribution is 5.76. The average Bonchev–Trinajstić information content (AvgIpc) is 2.89. The highest BCUT2D eigenvalue weighted by Crippen LogP contribution is 2.29. The summed E-state index contributed by atoms with van der Waals surface area (Å²) in [5, 5.41) is 15.4. The summed E-state index contributed by atoms with van der Waals surface area (Å²) >= 11 is 0. The zero-order valence-electron chi connectivity index (χ0n) is 11.4. The number of hydrogen-bond acceptors (Lipinski definition) is 3. The molecule has 0 aromatic rings. The minimum Gasteiger partial charge on any atom is -0.481 e. The standard InChI is InChI=1S/C14H24N2O3/c17-13(8-11-5-3-7-15-11)16-9-10-4-1-2-6-12(10)14(18)19/h10-12,15H,1-9H2,(H,16,17)(H,18,19). The smallest absolute Gasteiger partial charge is 0.306 e. The maximum atomic E-state index is 11.8. The Morgan fingerprint density at radius 3 is 2.63 bits per heavy atom. The number of carboxylic acid groups (broad SMARTS) is 1. The zero-order chi connectivity index (χ0) is 13.7. The van der Waals surface area contributed by atoms with Gasteiger partial charge < -0.3 is 15.7 Å². The van der Waals surface area contributed by atoms with Crippen LogP contribution >= 0.6 is 0 Å². The van der Waals surface area contributed by atoms with Crippen LogP contribution in [0.3, 0.4) is 0 Å². The Kier molecular flexibility index (Phi) is 5.19. The molecule has 1 aliphatic heterocycles. The molecule has 2 fully saturated rings. The molecule has 1 amide bonds. The third kappa shape index (κ3) is 4.20. The maximum Gasteiger partial charge on any atom is 0.306 e. The Morgan fingerprint density at radius 2 is 1.95 bits per heavy atom. The van der Waals surface area contributed by atoms with Crippen molar-refractivity contribution >= 4 is 11.9 Å². The van der Waals surface area contributed by atoms with Gasteiger partial charge >= 0.3 is 5.97 Å². The van der Waals surface area contributed by atoms with Crippen LogP contribution in [0.25, 0.3) is 0 Å². The number of carbonyl (C=O) groups is 2. The summed E-state index contributed by atoms with van der Waals surface area (Å²) in [7, 11) is 0. The molecule has 3 atom stereocenters. The van der Waals surface area contributed by atoms with E-state index >= 15 is 0 Å². The molecular weight excluding hydrogens is 244 g/mol. The summed E-state index contributed by atoms with van der Waals surface area (Å²) in [6.45, 7) is 1.52. The Hall–Kier alpha value is -1.10. The molecule has 0 aromatic carbocycles. The topological polar surface area (TPSA) is 78.4 Å². The van der Waals surface area contributed by atoms with Crippen LogP contribution in [0.4, 0.5) is 0 Å². The normalized spacial score (nSPS) is 31.1. The fourth-order valence-electron chi connectivity index (χ4n) is 3.25. The van der Waals surface area contributed by atoms with Crippen LogP contribution in [-0.2, 0) is 9.59 Å². The van der Waals surface area contributed by atoms with Crippen LogP contribution < -0.4 is 10.6 Å². The third-order valence-corrected chi connectivity index (χ3v) is 4.38. The Morgan fingerprint density at radius 1 is 1.16 bits per heavy atom. The average molecular weight is 268 g/mol.